The van der Waals surface area contributed by atoms with Crippen LogP contribution in [0.5, 0.6) is 0 Å². The summed E-state index contributed by atoms with van der Waals surface area (Å²) in [5.74, 6) is -0.613. The van der Waals surface area contributed by atoms with Gasteiger partial charge in [0.1, 0.15) is 5.83 Å². The van der Waals surface area contributed by atoms with Gasteiger partial charge in [-0.2, -0.15) is 4.39 Å². The van der Waals surface area contributed by atoms with Crippen LogP contribution < -0.4 is 0 Å². The second kappa shape index (κ2) is 5.14. The highest BCUT2D eigenvalue weighted by atomic mass is 127. The van der Waals surface area contributed by atoms with Crippen molar-refractivity contribution in [2.24, 2.45) is 0 Å². The maximum absolute atomic E-state index is 12.2. The lowest BCUT2D eigenvalue weighted by Gasteiger charge is -1.92. The van der Waals surface area contributed by atoms with Crippen LogP contribution in [0.4, 0.5) is 8.78 Å². The molecule has 0 aliphatic rings. The Morgan fingerprint density at radius 3 is 2.33 bits per heavy atom. The van der Waals surface area contributed by atoms with Crippen LogP contribution in [0.1, 0.15) is 26.2 Å². The van der Waals surface area contributed by atoms with Gasteiger partial charge in [0, 0.05) is 6.42 Å². The van der Waals surface area contributed by atoms with Crippen LogP contribution in [-0.2, 0) is 0 Å². The summed E-state index contributed by atoms with van der Waals surface area (Å²) in [5, 5.41) is 0. The molecule has 0 saturated carbocycles. The first-order chi connectivity index (χ1) is 4.18. The van der Waals surface area contributed by atoms with Crippen molar-refractivity contribution in [3.63, 3.8) is 0 Å². The molecule has 0 fully saturated rings. The van der Waals surface area contributed by atoms with E-state index < -0.39 is 9.66 Å². The lowest BCUT2D eigenvalue weighted by molar-refractivity contribution is 0.530. The Labute approximate surface area is 67.5 Å². The van der Waals surface area contributed by atoms with Gasteiger partial charge in [-0.1, -0.05) is 13.3 Å². The third kappa shape index (κ3) is 4.81. The summed E-state index contributed by atoms with van der Waals surface area (Å²) in [5.41, 5.74) is 0. The van der Waals surface area contributed by atoms with Crippen molar-refractivity contribution in [2.45, 2.75) is 26.2 Å². The average molecular weight is 246 g/mol. The molecule has 0 aromatic heterocycles. The largest absolute Gasteiger partial charge is 0.208 e. The van der Waals surface area contributed by atoms with E-state index in [1.165, 1.54) is 22.6 Å². The van der Waals surface area contributed by atoms with Crippen molar-refractivity contribution in [3.05, 3.63) is 9.66 Å². The molecule has 0 aliphatic heterocycles. The fraction of sp³-hybridized carbons (Fsp3) is 0.667. The fourth-order valence-corrected chi connectivity index (χ4v) is 0.696. The monoisotopic (exact) mass is 246 g/mol. The molecule has 0 aromatic rings. The summed E-state index contributed by atoms with van der Waals surface area (Å²) in [6.07, 6.45) is 1.87. The minimum absolute atomic E-state index is 0.241. The van der Waals surface area contributed by atoms with Crippen molar-refractivity contribution in [1.29, 1.82) is 0 Å². The molecule has 3 heteroatoms. The summed E-state index contributed by atoms with van der Waals surface area (Å²) in [6.45, 7) is 1.94. The maximum atomic E-state index is 12.2. The van der Waals surface area contributed by atoms with E-state index in [9.17, 15) is 8.78 Å². The molecule has 0 spiro atoms. The highest BCUT2D eigenvalue weighted by molar-refractivity contribution is 14.1. The molecule has 0 saturated heterocycles. The van der Waals surface area contributed by atoms with Crippen LogP contribution in [0.3, 0.4) is 0 Å². The van der Waals surface area contributed by atoms with E-state index in [1.807, 2.05) is 6.92 Å². The number of rotatable bonds is 3. The third-order valence-corrected chi connectivity index (χ3v) is 1.54. The Morgan fingerprint density at radius 1 is 1.44 bits per heavy atom. The van der Waals surface area contributed by atoms with Gasteiger partial charge in [0.05, 0.1) is 0 Å². The van der Waals surface area contributed by atoms with Gasteiger partial charge in [0.2, 0.25) is 0 Å². The Morgan fingerprint density at radius 2 is 2.00 bits per heavy atom. The van der Waals surface area contributed by atoms with Crippen LogP contribution in [0, 0.1) is 0 Å². The van der Waals surface area contributed by atoms with Crippen LogP contribution in [0.25, 0.3) is 0 Å². The van der Waals surface area contributed by atoms with E-state index in [0.717, 1.165) is 12.8 Å². The van der Waals surface area contributed by atoms with Crippen LogP contribution in [0.15, 0.2) is 9.66 Å². The first-order valence-corrected chi connectivity index (χ1v) is 3.96. The van der Waals surface area contributed by atoms with Crippen LogP contribution in [0.2, 0.25) is 0 Å². The molecule has 0 heterocycles. The second-order valence-electron chi connectivity index (χ2n) is 1.77. The average Bonchev–Trinajstić information content (AvgIpc) is 1.82. The molecule has 0 rings (SSSR count). The number of unbranched alkanes of at least 4 members (excludes halogenated alkanes) is 1. The van der Waals surface area contributed by atoms with Crippen molar-refractivity contribution in [2.75, 3.05) is 0 Å². The SMILES string of the molecule is CCCC/C(F)=C(\F)I. The quantitative estimate of drug-likeness (QED) is 0.665. The summed E-state index contributed by atoms with van der Waals surface area (Å²) < 4.78 is 23.4. The van der Waals surface area contributed by atoms with Gasteiger partial charge in [-0.3, -0.25) is 0 Å². The van der Waals surface area contributed by atoms with E-state index >= 15 is 0 Å². The minimum Gasteiger partial charge on any atom is -0.208 e. The fourth-order valence-electron chi connectivity index (χ4n) is 0.426. The van der Waals surface area contributed by atoms with E-state index in [1.54, 1.807) is 0 Å². The van der Waals surface area contributed by atoms with E-state index in [0.29, 0.717) is 0 Å². The second-order valence-corrected chi connectivity index (χ2v) is 2.72. The Hall–Kier alpha value is 0.330. The molecule has 54 valence electrons. The predicted molar refractivity (Wildman–Crippen MR) is 42.8 cm³/mol. The first kappa shape index (κ1) is 9.33. The van der Waals surface area contributed by atoms with Gasteiger partial charge < -0.3 is 0 Å². The summed E-state index contributed by atoms with van der Waals surface area (Å²) in [6, 6.07) is 0. The van der Waals surface area contributed by atoms with Crippen LogP contribution in [-0.4, -0.2) is 0 Å². The van der Waals surface area contributed by atoms with Crippen LogP contribution >= 0.6 is 22.6 Å². The molecule has 0 bridgehead atoms. The molecular weight excluding hydrogens is 237 g/mol. The van der Waals surface area contributed by atoms with Gasteiger partial charge in [-0.15, -0.1) is 0 Å². The Kier molecular flexibility index (Phi) is 5.33. The summed E-state index contributed by atoms with van der Waals surface area (Å²) >= 11 is 1.35. The first-order valence-electron chi connectivity index (χ1n) is 2.88. The van der Waals surface area contributed by atoms with E-state index in [-0.39, 0.29) is 6.42 Å². The van der Waals surface area contributed by atoms with Gasteiger partial charge in [0.25, 0.3) is 0 Å². The predicted octanol–water partition coefficient (Wildman–Crippen LogP) is 3.72. The standard InChI is InChI=1S/C6H9F2I/c1-2-3-4-5(7)6(8)9/h2-4H2,1H3/b6-5-. The van der Waals surface area contributed by atoms with E-state index in [4.69, 9.17) is 0 Å². The van der Waals surface area contributed by atoms with Crippen molar-refractivity contribution >= 4 is 22.6 Å². The molecular formula is C6H9F2I. The van der Waals surface area contributed by atoms with E-state index in [2.05, 4.69) is 0 Å². The molecule has 0 atom stereocenters. The molecule has 0 nitrogen and oxygen atoms in total. The van der Waals surface area contributed by atoms with Gasteiger partial charge >= 0.3 is 0 Å². The maximum Gasteiger partial charge on any atom is 0.191 e. The topological polar surface area (TPSA) is 0 Å². The van der Waals surface area contributed by atoms with Crippen molar-refractivity contribution < 1.29 is 8.78 Å². The Balaban J connectivity index is 3.50. The smallest absolute Gasteiger partial charge is 0.191 e. The number of hydrogen-bond donors (Lipinski definition) is 0. The van der Waals surface area contributed by atoms with Gasteiger partial charge in [0.15, 0.2) is 3.83 Å². The molecule has 0 aliphatic carbocycles. The van der Waals surface area contributed by atoms with Gasteiger partial charge in [-0.25, -0.2) is 4.39 Å². The normalized spacial score (nSPS) is 13.3. The zero-order valence-electron chi connectivity index (χ0n) is 5.26. The number of hydrogen-bond acceptors (Lipinski definition) is 0. The lowest BCUT2D eigenvalue weighted by Crippen LogP contribution is -1.75. The molecule has 0 aromatic carbocycles. The molecule has 0 amide bonds. The summed E-state index contributed by atoms with van der Waals surface area (Å²) in [7, 11) is 0. The number of halogens is 3. The molecule has 0 N–H and O–H groups in total. The molecule has 0 unspecified atom stereocenters. The number of allylic oxidation sites excluding steroid dienone is 1. The zero-order valence-corrected chi connectivity index (χ0v) is 7.41. The highest BCUT2D eigenvalue weighted by Gasteiger charge is 1.99. The molecule has 0 radical (unpaired) electrons. The Bertz CT molecular complexity index is 106. The lowest BCUT2D eigenvalue weighted by atomic mass is 10.2. The van der Waals surface area contributed by atoms with Crippen molar-refractivity contribution in [1.82, 2.24) is 0 Å². The highest BCUT2D eigenvalue weighted by Crippen LogP contribution is 2.19. The zero-order chi connectivity index (χ0) is 7.28. The molecule has 9 heavy (non-hydrogen) atoms. The van der Waals surface area contributed by atoms with Gasteiger partial charge in [-0.05, 0) is 29.0 Å². The third-order valence-electron chi connectivity index (χ3n) is 0.955. The minimum atomic E-state index is -0.707. The van der Waals surface area contributed by atoms with Crippen molar-refractivity contribution in [3.8, 4) is 0 Å². The summed E-state index contributed by atoms with van der Waals surface area (Å²) in [4.78, 5) is 0.